The third-order valence-electron chi connectivity index (χ3n) is 1.94. The monoisotopic (exact) mass is 152 g/mol. The summed E-state index contributed by atoms with van der Waals surface area (Å²) in [7, 11) is 0. The number of hydrogen-bond acceptors (Lipinski definition) is 0. The molecule has 64 valence electrons. The minimum atomic E-state index is 1.09. The Morgan fingerprint density at radius 3 is 2.18 bits per heavy atom. The van der Waals surface area contributed by atoms with E-state index in [0.717, 1.165) is 12.8 Å². The van der Waals surface area contributed by atoms with Crippen LogP contribution < -0.4 is 0 Å². The van der Waals surface area contributed by atoms with Crippen molar-refractivity contribution in [3.05, 3.63) is 23.8 Å². The topological polar surface area (TPSA) is 0 Å². The summed E-state index contributed by atoms with van der Waals surface area (Å²) in [4.78, 5) is 0. The third kappa shape index (κ3) is 4.02. The molecule has 0 saturated heterocycles. The van der Waals surface area contributed by atoms with Gasteiger partial charge in [0.1, 0.15) is 0 Å². The molecule has 0 heteroatoms. The lowest BCUT2D eigenvalue weighted by molar-refractivity contribution is 0.927. The van der Waals surface area contributed by atoms with E-state index in [9.17, 15) is 0 Å². The van der Waals surface area contributed by atoms with Crippen LogP contribution in [0.1, 0.15) is 46.5 Å². The Hall–Kier alpha value is -0.520. The first-order valence-electron chi connectivity index (χ1n) is 4.63. The van der Waals surface area contributed by atoms with E-state index in [4.69, 9.17) is 0 Å². The van der Waals surface area contributed by atoms with E-state index in [0.29, 0.717) is 0 Å². The maximum atomic E-state index is 4.03. The molecule has 0 radical (unpaired) electrons. The first-order chi connectivity index (χ1) is 5.26. The highest BCUT2D eigenvalue weighted by Gasteiger charge is 1.95. The van der Waals surface area contributed by atoms with Gasteiger partial charge in [-0.15, -0.1) is 0 Å². The smallest absolute Gasteiger partial charge is 0.0308 e. The van der Waals surface area contributed by atoms with Gasteiger partial charge in [0, 0.05) is 0 Å². The first-order valence-corrected chi connectivity index (χ1v) is 4.63. The molecule has 0 N–H and O–H groups in total. The minimum Gasteiger partial charge on any atom is -0.0956 e. The van der Waals surface area contributed by atoms with Gasteiger partial charge in [-0.2, -0.15) is 0 Å². The van der Waals surface area contributed by atoms with Crippen LogP contribution in [0.2, 0.25) is 0 Å². The fraction of sp³-hybridized carbons (Fsp3) is 0.636. The Labute approximate surface area is 71.0 Å². The van der Waals surface area contributed by atoms with Crippen molar-refractivity contribution in [3.8, 4) is 0 Å². The van der Waals surface area contributed by atoms with Crippen molar-refractivity contribution < 1.29 is 0 Å². The van der Waals surface area contributed by atoms with Crippen molar-refractivity contribution in [2.75, 3.05) is 0 Å². The second-order valence-corrected chi connectivity index (χ2v) is 2.83. The Morgan fingerprint density at radius 2 is 1.82 bits per heavy atom. The fourth-order valence-corrected chi connectivity index (χ4v) is 1.08. The third-order valence-corrected chi connectivity index (χ3v) is 1.94. The molecule has 0 amide bonds. The lowest BCUT2D eigenvalue weighted by Crippen LogP contribution is -1.84. The van der Waals surface area contributed by atoms with E-state index < -0.39 is 0 Å². The molecule has 0 nitrogen and oxygen atoms in total. The average Bonchev–Trinajstić information content (AvgIpc) is 2.05. The highest BCUT2D eigenvalue weighted by Crippen LogP contribution is 2.15. The van der Waals surface area contributed by atoms with E-state index in [2.05, 4.69) is 33.4 Å². The van der Waals surface area contributed by atoms with Crippen LogP contribution in [0.15, 0.2) is 23.8 Å². The molecule has 0 fully saturated rings. The van der Waals surface area contributed by atoms with Gasteiger partial charge in [0.15, 0.2) is 0 Å². The predicted octanol–water partition coefficient (Wildman–Crippen LogP) is 4.09. The van der Waals surface area contributed by atoms with Crippen LogP contribution >= 0.6 is 0 Å². The Morgan fingerprint density at radius 1 is 1.18 bits per heavy atom. The summed E-state index contributed by atoms with van der Waals surface area (Å²) in [6, 6.07) is 0. The highest BCUT2D eigenvalue weighted by atomic mass is 14.0. The molecule has 0 unspecified atom stereocenters. The maximum Gasteiger partial charge on any atom is -0.0308 e. The molecule has 0 aliphatic rings. The molecular weight excluding hydrogens is 132 g/mol. The van der Waals surface area contributed by atoms with Crippen LogP contribution in [0, 0.1) is 0 Å². The lowest BCUT2D eigenvalue weighted by atomic mass is 10.0. The van der Waals surface area contributed by atoms with E-state index in [1.54, 1.807) is 0 Å². The normalized spacial score (nSPS) is 11.7. The maximum absolute atomic E-state index is 4.03. The summed E-state index contributed by atoms with van der Waals surface area (Å²) in [5.41, 5.74) is 2.76. The summed E-state index contributed by atoms with van der Waals surface area (Å²) >= 11 is 0. The second kappa shape index (κ2) is 6.21. The molecule has 11 heavy (non-hydrogen) atoms. The quantitative estimate of drug-likeness (QED) is 0.520. The Bertz CT molecular complexity index is 140. The van der Waals surface area contributed by atoms with Gasteiger partial charge in [0.05, 0.1) is 0 Å². The van der Waals surface area contributed by atoms with E-state index >= 15 is 0 Å². The van der Waals surface area contributed by atoms with Crippen molar-refractivity contribution >= 4 is 0 Å². The van der Waals surface area contributed by atoms with Gasteiger partial charge in [0.2, 0.25) is 0 Å². The van der Waals surface area contributed by atoms with Crippen LogP contribution in [-0.2, 0) is 0 Å². The standard InChI is InChI=1S/C11H20/c1-5-8-9-11(7-3)10(4)6-2/h9H,4-8H2,1-3H3/b11-9-. The molecule has 0 atom stereocenters. The number of allylic oxidation sites excluding steroid dienone is 3. The summed E-state index contributed by atoms with van der Waals surface area (Å²) in [5, 5.41) is 0. The van der Waals surface area contributed by atoms with Crippen molar-refractivity contribution in [3.63, 3.8) is 0 Å². The van der Waals surface area contributed by atoms with Gasteiger partial charge in [-0.05, 0) is 24.8 Å². The molecule has 0 aromatic carbocycles. The van der Waals surface area contributed by atoms with Crippen molar-refractivity contribution in [1.82, 2.24) is 0 Å². The van der Waals surface area contributed by atoms with Crippen molar-refractivity contribution in [2.45, 2.75) is 46.5 Å². The molecule has 0 rings (SSSR count). The predicted molar refractivity (Wildman–Crippen MR) is 52.7 cm³/mol. The second-order valence-electron chi connectivity index (χ2n) is 2.83. The lowest BCUT2D eigenvalue weighted by Gasteiger charge is -2.05. The van der Waals surface area contributed by atoms with Crippen LogP contribution in [0.5, 0.6) is 0 Å². The average molecular weight is 152 g/mol. The number of unbranched alkanes of at least 4 members (excludes halogenated alkanes) is 1. The molecule has 0 aromatic rings. The molecule has 0 saturated carbocycles. The molecule has 0 aliphatic heterocycles. The molecule has 0 spiro atoms. The highest BCUT2D eigenvalue weighted by molar-refractivity contribution is 5.27. The fourth-order valence-electron chi connectivity index (χ4n) is 1.08. The van der Waals surface area contributed by atoms with Crippen LogP contribution in [0.3, 0.4) is 0 Å². The van der Waals surface area contributed by atoms with Gasteiger partial charge in [-0.1, -0.05) is 45.4 Å². The molecule has 0 heterocycles. The summed E-state index contributed by atoms with van der Waals surface area (Å²) in [6.07, 6.45) is 6.98. The van der Waals surface area contributed by atoms with Crippen molar-refractivity contribution in [1.29, 1.82) is 0 Å². The van der Waals surface area contributed by atoms with Gasteiger partial charge in [-0.3, -0.25) is 0 Å². The minimum absolute atomic E-state index is 1.09. The van der Waals surface area contributed by atoms with Gasteiger partial charge in [0.25, 0.3) is 0 Å². The number of rotatable bonds is 5. The Kier molecular flexibility index (Phi) is 5.91. The van der Waals surface area contributed by atoms with Crippen LogP contribution in [0.4, 0.5) is 0 Å². The zero-order valence-corrected chi connectivity index (χ0v) is 8.11. The van der Waals surface area contributed by atoms with Crippen LogP contribution in [-0.4, -0.2) is 0 Å². The first kappa shape index (κ1) is 10.5. The summed E-state index contributed by atoms with van der Waals surface area (Å²) in [5.74, 6) is 0. The molecule has 0 aliphatic carbocycles. The molecule has 0 aromatic heterocycles. The van der Waals surface area contributed by atoms with Crippen LogP contribution in [0.25, 0.3) is 0 Å². The van der Waals surface area contributed by atoms with E-state index in [1.165, 1.54) is 24.0 Å². The SMILES string of the molecule is C=C(CC)/C(=C\CCC)CC. The zero-order chi connectivity index (χ0) is 8.69. The summed E-state index contributed by atoms with van der Waals surface area (Å²) < 4.78 is 0. The van der Waals surface area contributed by atoms with Gasteiger partial charge >= 0.3 is 0 Å². The molecule has 0 bridgehead atoms. The van der Waals surface area contributed by atoms with E-state index in [1.807, 2.05) is 0 Å². The summed E-state index contributed by atoms with van der Waals surface area (Å²) in [6.45, 7) is 10.6. The zero-order valence-electron chi connectivity index (χ0n) is 8.11. The van der Waals surface area contributed by atoms with E-state index in [-0.39, 0.29) is 0 Å². The van der Waals surface area contributed by atoms with Gasteiger partial charge in [-0.25, -0.2) is 0 Å². The Balaban J connectivity index is 4.03. The van der Waals surface area contributed by atoms with Crippen molar-refractivity contribution in [2.24, 2.45) is 0 Å². The number of hydrogen-bond donors (Lipinski definition) is 0. The van der Waals surface area contributed by atoms with Gasteiger partial charge < -0.3 is 0 Å². The largest absolute Gasteiger partial charge is 0.0956 e. The molecular formula is C11H20.